The molecule has 1 unspecified atom stereocenters. The van der Waals surface area contributed by atoms with Gasteiger partial charge in [-0.05, 0) is 43.9 Å². The summed E-state index contributed by atoms with van der Waals surface area (Å²) in [5.74, 6) is 2.16. The van der Waals surface area contributed by atoms with E-state index < -0.39 is 0 Å². The Kier molecular flexibility index (Phi) is 4.73. The second kappa shape index (κ2) is 6.31. The lowest BCUT2D eigenvalue weighted by Crippen LogP contribution is -2.33. The molecule has 0 aliphatic heterocycles. The summed E-state index contributed by atoms with van der Waals surface area (Å²) in [6.07, 6.45) is 4.09. The summed E-state index contributed by atoms with van der Waals surface area (Å²) >= 11 is 1.98. The van der Waals surface area contributed by atoms with E-state index in [1.165, 1.54) is 29.9 Å². The van der Waals surface area contributed by atoms with Gasteiger partial charge in [-0.15, -0.1) is 11.8 Å². The van der Waals surface area contributed by atoms with E-state index in [-0.39, 0.29) is 0 Å². The number of hydrogen-bond donors (Lipinski definition) is 1. The Balaban J connectivity index is 1.77. The third-order valence-corrected chi connectivity index (χ3v) is 4.15. The number of hydrogen-bond acceptors (Lipinski definition) is 2. The molecule has 16 heavy (non-hydrogen) atoms. The zero-order chi connectivity index (χ0) is 11.2. The van der Waals surface area contributed by atoms with Crippen LogP contribution < -0.4 is 5.32 Å². The van der Waals surface area contributed by atoms with Crippen molar-refractivity contribution in [2.75, 3.05) is 12.3 Å². The molecular formula is C14H21NS. The van der Waals surface area contributed by atoms with Crippen LogP contribution in [0.4, 0.5) is 0 Å². The Morgan fingerprint density at radius 1 is 1.31 bits per heavy atom. The first-order valence-electron chi connectivity index (χ1n) is 6.31. The molecule has 1 aliphatic rings. The largest absolute Gasteiger partial charge is 0.313 e. The Bertz CT molecular complexity index is 295. The Labute approximate surface area is 103 Å². The van der Waals surface area contributed by atoms with Crippen LogP contribution in [-0.2, 0) is 0 Å². The quantitative estimate of drug-likeness (QED) is 0.725. The van der Waals surface area contributed by atoms with Gasteiger partial charge in [0.1, 0.15) is 0 Å². The van der Waals surface area contributed by atoms with E-state index >= 15 is 0 Å². The average Bonchev–Trinajstić information content (AvgIpc) is 3.15. The smallest absolute Gasteiger partial charge is 0.0189 e. The van der Waals surface area contributed by atoms with Gasteiger partial charge in [-0.3, -0.25) is 0 Å². The van der Waals surface area contributed by atoms with E-state index in [0.29, 0.717) is 0 Å². The zero-order valence-corrected chi connectivity index (χ0v) is 10.8. The zero-order valence-electron chi connectivity index (χ0n) is 9.99. The second-order valence-electron chi connectivity index (χ2n) is 4.52. The fraction of sp³-hybridized carbons (Fsp3) is 0.571. The Hall–Kier alpha value is -0.470. The van der Waals surface area contributed by atoms with Crippen LogP contribution in [0.3, 0.4) is 0 Å². The molecular weight excluding hydrogens is 214 g/mol. The minimum atomic E-state index is 0.727. The van der Waals surface area contributed by atoms with Gasteiger partial charge in [0.15, 0.2) is 0 Å². The second-order valence-corrected chi connectivity index (χ2v) is 5.62. The summed E-state index contributed by atoms with van der Waals surface area (Å²) in [4.78, 5) is 1.39. The molecule has 1 N–H and O–H groups in total. The van der Waals surface area contributed by atoms with E-state index in [4.69, 9.17) is 0 Å². The van der Waals surface area contributed by atoms with Crippen molar-refractivity contribution in [1.29, 1.82) is 0 Å². The van der Waals surface area contributed by atoms with Crippen molar-refractivity contribution in [3.63, 3.8) is 0 Å². The summed E-state index contributed by atoms with van der Waals surface area (Å²) in [6.45, 7) is 3.40. The summed E-state index contributed by atoms with van der Waals surface area (Å²) in [5, 5.41) is 3.68. The lowest BCUT2D eigenvalue weighted by atomic mass is 10.2. The highest BCUT2D eigenvalue weighted by molar-refractivity contribution is 7.99. The van der Waals surface area contributed by atoms with Gasteiger partial charge in [-0.1, -0.05) is 25.1 Å². The number of benzene rings is 1. The van der Waals surface area contributed by atoms with Gasteiger partial charge in [0.2, 0.25) is 0 Å². The molecule has 0 heterocycles. The van der Waals surface area contributed by atoms with Crippen LogP contribution >= 0.6 is 11.8 Å². The van der Waals surface area contributed by atoms with Crippen molar-refractivity contribution >= 4 is 11.8 Å². The fourth-order valence-electron chi connectivity index (χ4n) is 1.89. The maximum Gasteiger partial charge on any atom is 0.0189 e. The van der Waals surface area contributed by atoms with Crippen molar-refractivity contribution in [2.24, 2.45) is 5.92 Å². The van der Waals surface area contributed by atoms with Gasteiger partial charge in [0.05, 0.1) is 0 Å². The molecule has 2 heteroatoms. The average molecular weight is 235 g/mol. The Morgan fingerprint density at radius 2 is 2.06 bits per heavy atom. The van der Waals surface area contributed by atoms with Crippen molar-refractivity contribution in [2.45, 2.75) is 37.1 Å². The van der Waals surface area contributed by atoms with Crippen LogP contribution in [0.15, 0.2) is 35.2 Å². The maximum absolute atomic E-state index is 3.68. The molecule has 88 valence electrons. The van der Waals surface area contributed by atoms with Gasteiger partial charge < -0.3 is 5.32 Å². The summed E-state index contributed by atoms with van der Waals surface area (Å²) < 4.78 is 0. The standard InChI is InChI=1S/C14H21NS/c1-2-10-15-14(12-8-9-12)11-16-13-6-4-3-5-7-13/h3-7,12,14-15H,2,8-11H2,1H3. The first kappa shape index (κ1) is 12.0. The molecule has 0 amide bonds. The predicted octanol–water partition coefficient (Wildman–Crippen LogP) is 3.56. The molecule has 0 bridgehead atoms. The van der Waals surface area contributed by atoms with Crippen LogP contribution in [0.5, 0.6) is 0 Å². The first-order chi connectivity index (χ1) is 7.90. The normalized spacial score (nSPS) is 17.3. The molecule has 1 aliphatic carbocycles. The lowest BCUT2D eigenvalue weighted by Gasteiger charge is -2.17. The minimum absolute atomic E-state index is 0.727. The molecule has 1 aromatic rings. The van der Waals surface area contributed by atoms with E-state index in [2.05, 4.69) is 42.6 Å². The van der Waals surface area contributed by atoms with Crippen LogP contribution in [0.1, 0.15) is 26.2 Å². The van der Waals surface area contributed by atoms with Gasteiger partial charge in [0.25, 0.3) is 0 Å². The molecule has 1 saturated carbocycles. The molecule has 1 fully saturated rings. The third-order valence-electron chi connectivity index (χ3n) is 3.02. The molecule has 0 radical (unpaired) electrons. The number of rotatable bonds is 7. The van der Waals surface area contributed by atoms with Gasteiger partial charge in [-0.2, -0.15) is 0 Å². The van der Waals surface area contributed by atoms with Crippen molar-refractivity contribution in [3.05, 3.63) is 30.3 Å². The lowest BCUT2D eigenvalue weighted by molar-refractivity contribution is 0.503. The van der Waals surface area contributed by atoms with Crippen molar-refractivity contribution in [3.8, 4) is 0 Å². The van der Waals surface area contributed by atoms with Crippen molar-refractivity contribution < 1.29 is 0 Å². The SMILES string of the molecule is CCCNC(CSc1ccccc1)C1CC1. The highest BCUT2D eigenvalue weighted by Gasteiger charge is 2.30. The molecule has 0 spiro atoms. The van der Waals surface area contributed by atoms with Crippen LogP contribution in [-0.4, -0.2) is 18.3 Å². The molecule has 1 nitrogen and oxygen atoms in total. The molecule has 0 aromatic heterocycles. The van der Waals surface area contributed by atoms with Crippen LogP contribution in [0.2, 0.25) is 0 Å². The topological polar surface area (TPSA) is 12.0 Å². The minimum Gasteiger partial charge on any atom is -0.313 e. The van der Waals surface area contributed by atoms with Crippen LogP contribution in [0.25, 0.3) is 0 Å². The molecule has 0 saturated heterocycles. The summed E-state index contributed by atoms with van der Waals surface area (Å²) in [6, 6.07) is 11.5. The number of nitrogens with one attached hydrogen (secondary N) is 1. The molecule has 1 atom stereocenters. The molecule has 2 rings (SSSR count). The highest BCUT2D eigenvalue weighted by Crippen LogP contribution is 2.35. The Morgan fingerprint density at radius 3 is 2.69 bits per heavy atom. The third kappa shape index (κ3) is 3.84. The summed E-state index contributed by atoms with van der Waals surface area (Å²) in [5.41, 5.74) is 0. The monoisotopic (exact) mass is 235 g/mol. The van der Waals surface area contributed by atoms with Crippen LogP contribution in [0, 0.1) is 5.92 Å². The van der Waals surface area contributed by atoms with Crippen molar-refractivity contribution in [1.82, 2.24) is 5.32 Å². The first-order valence-corrected chi connectivity index (χ1v) is 7.30. The van der Waals surface area contributed by atoms with E-state index in [1.54, 1.807) is 0 Å². The van der Waals surface area contributed by atoms with E-state index in [1.807, 2.05) is 11.8 Å². The van der Waals surface area contributed by atoms with Gasteiger partial charge in [-0.25, -0.2) is 0 Å². The van der Waals surface area contributed by atoms with E-state index in [0.717, 1.165) is 18.5 Å². The van der Waals surface area contributed by atoms with Gasteiger partial charge in [0, 0.05) is 16.7 Å². The molecule has 1 aromatic carbocycles. The predicted molar refractivity (Wildman–Crippen MR) is 72.0 cm³/mol. The maximum atomic E-state index is 3.68. The fourth-order valence-corrected chi connectivity index (χ4v) is 3.00. The van der Waals surface area contributed by atoms with E-state index in [9.17, 15) is 0 Å². The van der Waals surface area contributed by atoms with Gasteiger partial charge >= 0.3 is 0 Å². The highest BCUT2D eigenvalue weighted by atomic mass is 32.2. The number of thioether (sulfide) groups is 1. The summed E-state index contributed by atoms with van der Waals surface area (Å²) in [7, 11) is 0.